The Morgan fingerprint density at radius 3 is 3.10 bits per heavy atom. The summed E-state index contributed by atoms with van der Waals surface area (Å²) in [6.45, 7) is 2.18. The van der Waals surface area contributed by atoms with E-state index >= 15 is 0 Å². The van der Waals surface area contributed by atoms with Crippen LogP contribution in [0, 0.1) is 11.3 Å². The van der Waals surface area contributed by atoms with Crippen molar-refractivity contribution in [3.63, 3.8) is 0 Å². The molecule has 0 saturated carbocycles. The molecule has 1 aliphatic heterocycles. The highest BCUT2D eigenvalue weighted by molar-refractivity contribution is 8.02. The molecule has 54 valence electrons. The van der Waals surface area contributed by atoms with Crippen LogP contribution >= 0.6 is 11.8 Å². The lowest BCUT2D eigenvalue weighted by Crippen LogP contribution is -2.19. The van der Waals surface area contributed by atoms with Crippen LogP contribution in [0.2, 0.25) is 0 Å². The minimum atomic E-state index is 0.671. The molecule has 1 saturated heterocycles. The summed E-state index contributed by atoms with van der Waals surface area (Å²) in [7, 11) is 0. The number of nitrogens with zero attached hydrogens (tertiary/aromatic N) is 1. The molecule has 1 heterocycles. The third kappa shape index (κ3) is 1.54. The van der Waals surface area contributed by atoms with Gasteiger partial charge >= 0.3 is 0 Å². The molecule has 0 aromatic rings. The minimum Gasteiger partial charge on any atom is -0.193 e. The third-order valence-electron chi connectivity index (χ3n) is 1.67. The first-order valence-electron chi connectivity index (χ1n) is 3.58. The molecule has 0 radical (unpaired) electrons. The molecular formula is C8H11NS. The van der Waals surface area contributed by atoms with Crippen molar-refractivity contribution < 1.29 is 0 Å². The lowest BCUT2D eigenvalue weighted by molar-refractivity contribution is 0.786. The van der Waals surface area contributed by atoms with Gasteiger partial charge in [0.1, 0.15) is 0 Å². The number of hydrogen-bond acceptors (Lipinski definition) is 2. The lowest BCUT2D eigenvalue weighted by atomic mass is 10.1. The Labute approximate surface area is 66.1 Å². The van der Waals surface area contributed by atoms with Gasteiger partial charge in [0, 0.05) is 17.1 Å². The summed E-state index contributed by atoms with van der Waals surface area (Å²) in [5.41, 5.74) is 1.34. The first-order valence-corrected chi connectivity index (χ1v) is 4.63. The number of nitriles is 1. The summed E-state index contributed by atoms with van der Waals surface area (Å²) in [6, 6.07) is 2.08. The van der Waals surface area contributed by atoms with E-state index in [2.05, 4.69) is 13.0 Å². The monoisotopic (exact) mass is 153 g/mol. The predicted octanol–water partition coefficient (Wildman–Crippen LogP) is 2.35. The lowest BCUT2D eigenvalue weighted by Gasteiger charge is -2.27. The summed E-state index contributed by atoms with van der Waals surface area (Å²) in [5.74, 6) is 1.08. The molecule has 1 rings (SSSR count). The van der Waals surface area contributed by atoms with E-state index in [0.717, 1.165) is 5.75 Å². The molecule has 1 aliphatic rings. The van der Waals surface area contributed by atoms with E-state index in [1.807, 2.05) is 11.8 Å². The van der Waals surface area contributed by atoms with Crippen LogP contribution in [0.15, 0.2) is 11.6 Å². The average Bonchev–Trinajstić information content (AvgIpc) is 1.93. The van der Waals surface area contributed by atoms with Crippen LogP contribution in [0.3, 0.4) is 0 Å². The SMILES string of the molecule is CCCC1SC/C1=C\C#N. The van der Waals surface area contributed by atoms with E-state index in [9.17, 15) is 0 Å². The van der Waals surface area contributed by atoms with Crippen LogP contribution in [-0.2, 0) is 0 Å². The third-order valence-corrected chi connectivity index (χ3v) is 3.11. The number of allylic oxidation sites excluding steroid dienone is 1. The molecule has 10 heavy (non-hydrogen) atoms. The molecule has 1 atom stereocenters. The molecule has 2 heteroatoms. The topological polar surface area (TPSA) is 23.8 Å². The van der Waals surface area contributed by atoms with Crippen molar-refractivity contribution in [3.05, 3.63) is 11.6 Å². The van der Waals surface area contributed by atoms with Crippen LogP contribution < -0.4 is 0 Å². The molecule has 0 amide bonds. The van der Waals surface area contributed by atoms with Gasteiger partial charge in [0.2, 0.25) is 0 Å². The van der Waals surface area contributed by atoms with Gasteiger partial charge in [0.15, 0.2) is 0 Å². The molecular weight excluding hydrogens is 142 g/mol. The maximum Gasteiger partial charge on any atom is 0.0912 e. The summed E-state index contributed by atoms with van der Waals surface area (Å²) >= 11 is 1.96. The maximum atomic E-state index is 8.35. The van der Waals surface area contributed by atoms with Crippen molar-refractivity contribution in [1.82, 2.24) is 0 Å². The molecule has 0 spiro atoms. The van der Waals surface area contributed by atoms with Crippen molar-refractivity contribution in [1.29, 1.82) is 5.26 Å². The summed E-state index contributed by atoms with van der Waals surface area (Å²) in [6.07, 6.45) is 4.16. The largest absolute Gasteiger partial charge is 0.193 e. The summed E-state index contributed by atoms with van der Waals surface area (Å²) < 4.78 is 0. The van der Waals surface area contributed by atoms with E-state index in [0.29, 0.717) is 5.25 Å². The van der Waals surface area contributed by atoms with Gasteiger partial charge in [0.05, 0.1) is 6.07 Å². The van der Waals surface area contributed by atoms with Crippen LogP contribution in [0.5, 0.6) is 0 Å². The molecule has 1 fully saturated rings. The fourth-order valence-corrected chi connectivity index (χ4v) is 2.19. The quantitative estimate of drug-likeness (QED) is 0.568. The maximum absolute atomic E-state index is 8.35. The van der Waals surface area contributed by atoms with Crippen LogP contribution in [0.25, 0.3) is 0 Å². The highest BCUT2D eigenvalue weighted by Gasteiger charge is 2.23. The zero-order valence-corrected chi connectivity index (χ0v) is 6.95. The Morgan fingerprint density at radius 2 is 2.70 bits per heavy atom. The minimum absolute atomic E-state index is 0.671. The highest BCUT2D eigenvalue weighted by atomic mass is 32.2. The second-order valence-electron chi connectivity index (χ2n) is 2.44. The van der Waals surface area contributed by atoms with Gasteiger partial charge in [-0.25, -0.2) is 0 Å². The van der Waals surface area contributed by atoms with Crippen LogP contribution in [-0.4, -0.2) is 11.0 Å². The smallest absolute Gasteiger partial charge is 0.0912 e. The van der Waals surface area contributed by atoms with Crippen molar-refractivity contribution >= 4 is 11.8 Å². The van der Waals surface area contributed by atoms with Crippen molar-refractivity contribution in [2.45, 2.75) is 25.0 Å². The van der Waals surface area contributed by atoms with Crippen molar-refractivity contribution in [2.75, 3.05) is 5.75 Å². The van der Waals surface area contributed by atoms with Crippen LogP contribution in [0.4, 0.5) is 0 Å². The predicted molar refractivity (Wildman–Crippen MR) is 44.9 cm³/mol. The fourth-order valence-electron chi connectivity index (χ4n) is 1.05. The first-order chi connectivity index (χ1) is 4.88. The van der Waals surface area contributed by atoms with E-state index in [-0.39, 0.29) is 0 Å². The molecule has 0 aliphatic carbocycles. The molecule has 1 nitrogen and oxygen atoms in total. The number of hydrogen-bond donors (Lipinski definition) is 0. The number of thioether (sulfide) groups is 1. The average molecular weight is 153 g/mol. The highest BCUT2D eigenvalue weighted by Crippen LogP contribution is 2.36. The van der Waals surface area contributed by atoms with Gasteiger partial charge in [-0.2, -0.15) is 5.26 Å². The van der Waals surface area contributed by atoms with Crippen LogP contribution in [0.1, 0.15) is 19.8 Å². The molecule has 0 aromatic carbocycles. The first kappa shape index (κ1) is 7.68. The molecule has 0 aromatic heterocycles. The molecule has 0 N–H and O–H groups in total. The Bertz CT molecular complexity index is 178. The normalized spacial score (nSPS) is 27.6. The van der Waals surface area contributed by atoms with Gasteiger partial charge in [-0.05, 0) is 12.0 Å². The standard InChI is InChI=1S/C8H11NS/c1-2-3-8-7(4-5-9)6-10-8/h4,8H,2-3,6H2,1H3/b7-4+. The van der Waals surface area contributed by atoms with E-state index in [4.69, 9.17) is 5.26 Å². The fraction of sp³-hybridized carbons (Fsp3) is 0.625. The van der Waals surface area contributed by atoms with Gasteiger partial charge < -0.3 is 0 Å². The van der Waals surface area contributed by atoms with E-state index in [1.54, 1.807) is 6.08 Å². The van der Waals surface area contributed by atoms with E-state index < -0.39 is 0 Å². The number of rotatable bonds is 2. The second-order valence-corrected chi connectivity index (χ2v) is 3.63. The second kappa shape index (κ2) is 3.68. The van der Waals surface area contributed by atoms with Gasteiger partial charge in [-0.3, -0.25) is 0 Å². The van der Waals surface area contributed by atoms with Crippen molar-refractivity contribution in [2.24, 2.45) is 0 Å². The van der Waals surface area contributed by atoms with Gasteiger partial charge in [-0.15, -0.1) is 11.8 Å². The summed E-state index contributed by atoms with van der Waals surface area (Å²) in [4.78, 5) is 0. The van der Waals surface area contributed by atoms with E-state index in [1.165, 1.54) is 18.4 Å². The van der Waals surface area contributed by atoms with Gasteiger partial charge in [0.25, 0.3) is 0 Å². The Morgan fingerprint density at radius 1 is 1.90 bits per heavy atom. The zero-order valence-electron chi connectivity index (χ0n) is 6.13. The molecule has 0 bridgehead atoms. The van der Waals surface area contributed by atoms with Gasteiger partial charge in [-0.1, -0.05) is 13.3 Å². The Hall–Kier alpha value is -0.420. The Balaban J connectivity index is 2.37. The molecule has 1 unspecified atom stereocenters. The van der Waals surface area contributed by atoms with Crippen molar-refractivity contribution in [3.8, 4) is 6.07 Å². The Kier molecular flexibility index (Phi) is 2.82. The zero-order chi connectivity index (χ0) is 7.40. The summed E-state index contributed by atoms with van der Waals surface area (Å²) in [5, 5.41) is 9.02.